The van der Waals surface area contributed by atoms with Crippen molar-refractivity contribution in [2.75, 3.05) is 6.54 Å². The minimum Gasteiger partial charge on any atom is -0.336 e. The Morgan fingerprint density at radius 3 is 2.22 bits per heavy atom. The summed E-state index contributed by atoms with van der Waals surface area (Å²) < 4.78 is 65.7. The molecule has 0 N–H and O–H groups in total. The van der Waals surface area contributed by atoms with Crippen molar-refractivity contribution in [3.8, 4) is 0 Å². The van der Waals surface area contributed by atoms with Crippen LogP contribution in [-0.4, -0.2) is 41.0 Å². The van der Waals surface area contributed by atoms with Crippen LogP contribution in [0.15, 0.2) is 17.6 Å². The number of nitrogens with zero attached hydrogens (tertiary/aromatic N) is 3. The van der Waals surface area contributed by atoms with Crippen molar-refractivity contribution in [1.82, 2.24) is 13.9 Å². The summed E-state index contributed by atoms with van der Waals surface area (Å²) in [5.74, 6) is 0.00509. The fourth-order valence-electron chi connectivity index (χ4n) is 2.07. The van der Waals surface area contributed by atoms with Crippen LogP contribution in [-0.2, 0) is 16.6 Å². The van der Waals surface area contributed by atoms with Gasteiger partial charge in [-0.2, -0.15) is 17.5 Å². The smallest absolute Gasteiger partial charge is 0.336 e. The van der Waals surface area contributed by atoms with Gasteiger partial charge < -0.3 is 4.57 Å². The summed E-state index contributed by atoms with van der Waals surface area (Å²) in [6, 6.07) is -0.795. The fourth-order valence-corrected chi connectivity index (χ4v) is 3.76. The fraction of sp³-hybridized carbons (Fsp3) is 0.786. The summed E-state index contributed by atoms with van der Waals surface area (Å²) >= 11 is 0. The molecule has 0 unspecified atom stereocenters. The predicted octanol–water partition coefficient (Wildman–Crippen LogP) is 3.14. The molecule has 0 saturated carbocycles. The maximum atomic E-state index is 12.8. The van der Waals surface area contributed by atoms with E-state index < -0.39 is 28.8 Å². The molecule has 0 radical (unpaired) electrons. The van der Waals surface area contributed by atoms with Gasteiger partial charge in [0, 0.05) is 18.8 Å². The first-order valence-corrected chi connectivity index (χ1v) is 8.89. The Balaban J connectivity index is 3.19. The van der Waals surface area contributed by atoms with Crippen LogP contribution in [0, 0.1) is 11.8 Å². The number of alkyl halides is 3. The van der Waals surface area contributed by atoms with Gasteiger partial charge in [0.1, 0.15) is 6.54 Å². The monoisotopic (exact) mass is 355 g/mol. The molecule has 0 amide bonds. The van der Waals surface area contributed by atoms with Gasteiger partial charge in [0.05, 0.1) is 6.33 Å². The van der Waals surface area contributed by atoms with Crippen LogP contribution in [0.5, 0.6) is 0 Å². The zero-order valence-electron chi connectivity index (χ0n) is 14.0. The summed E-state index contributed by atoms with van der Waals surface area (Å²) in [5.41, 5.74) is 0. The van der Waals surface area contributed by atoms with Crippen LogP contribution in [0.4, 0.5) is 13.2 Å². The van der Waals surface area contributed by atoms with Gasteiger partial charge in [-0.05, 0) is 18.8 Å². The molecule has 1 rings (SSSR count). The topological polar surface area (TPSA) is 55.2 Å². The average molecular weight is 355 g/mol. The zero-order chi connectivity index (χ0) is 18.0. The number of rotatable bonds is 7. The number of aromatic nitrogens is 2. The van der Waals surface area contributed by atoms with Crippen molar-refractivity contribution in [2.24, 2.45) is 11.8 Å². The van der Waals surface area contributed by atoms with E-state index >= 15 is 0 Å². The SMILES string of the molecule is CC(C)Cn1cnc(S(=O)(=O)N(CC(F)(F)F)[C@@H](C)C(C)C)c1. The standard InChI is InChI=1S/C14H24F3N3O2S/c1-10(2)6-19-7-13(18-9-19)23(21,22)20(8-14(15,16)17)12(5)11(3)4/h7,9-12H,6,8H2,1-5H3/t12-/m0/s1. The van der Waals surface area contributed by atoms with Crippen LogP contribution >= 0.6 is 0 Å². The second kappa shape index (κ2) is 7.21. The molecule has 0 spiro atoms. The molecule has 0 fully saturated rings. The second-order valence-electron chi connectivity index (χ2n) is 6.45. The van der Waals surface area contributed by atoms with Gasteiger partial charge in [0.25, 0.3) is 10.0 Å². The third-order valence-electron chi connectivity index (χ3n) is 3.51. The number of hydrogen-bond donors (Lipinski definition) is 0. The Bertz CT molecular complexity index is 609. The summed E-state index contributed by atoms with van der Waals surface area (Å²) in [7, 11) is -4.31. The Hall–Kier alpha value is -1.09. The van der Waals surface area contributed by atoms with Gasteiger partial charge in [-0.15, -0.1) is 0 Å². The first-order valence-electron chi connectivity index (χ1n) is 7.45. The predicted molar refractivity (Wildman–Crippen MR) is 81.3 cm³/mol. The Kier molecular flexibility index (Phi) is 6.25. The van der Waals surface area contributed by atoms with Crippen LogP contribution in [0.3, 0.4) is 0 Å². The molecular formula is C14H24F3N3O2S. The van der Waals surface area contributed by atoms with Gasteiger partial charge in [0.2, 0.25) is 0 Å². The molecule has 0 bridgehead atoms. The minimum absolute atomic E-state index is 0.259. The van der Waals surface area contributed by atoms with Crippen molar-refractivity contribution in [3.05, 3.63) is 12.5 Å². The van der Waals surface area contributed by atoms with Crippen LogP contribution in [0.2, 0.25) is 0 Å². The quantitative estimate of drug-likeness (QED) is 0.755. The summed E-state index contributed by atoms with van der Waals surface area (Å²) in [6.07, 6.45) is -2.00. The van der Waals surface area contributed by atoms with E-state index in [4.69, 9.17) is 0 Å². The number of imidazole rings is 1. The third kappa shape index (κ3) is 5.49. The number of sulfonamides is 1. The van der Waals surface area contributed by atoms with Crippen molar-refractivity contribution >= 4 is 10.0 Å². The molecule has 1 aromatic rings. The number of halogens is 3. The van der Waals surface area contributed by atoms with Crippen LogP contribution in [0.1, 0.15) is 34.6 Å². The van der Waals surface area contributed by atoms with E-state index in [0.29, 0.717) is 10.8 Å². The molecule has 1 heterocycles. The molecule has 0 aliphatic heterocycles. The molecule has 1 atom stereocenters. The van der Waals surface area contributed by atoms with Crippen LogP contribution in [0.25, 0.3) is 0 Å². The van der Waals surface area contributed by atoms with Crippen molar-refractivity contribution < 1.29 is 21.6 Å². The van der Waals surface area contributed by atoms with Crippen molar-refractivity contribution in [1.29, 1.82) is 0 Å². The van der Waals surface area contributed by atoms with Gasteiger partial charge in [-0.25, -0.2) is 13.4 Å². The summed E-state index contributed by atoms with van der Waals surface area (Å²) in [6.45, 7) is 7.75. The van der Waals surface area contributed by atoms with E-state index in [9.17, 15) is 21.6 Å². The molecule has 9 heteroatoms. The molecular weight excluding hydrogens is 331 g/mol. The highest BCUT2D eigenvalue weighted by atomic mass is 32.2. The lowest BCUT2D eigenvalue weighted by Crippen LogP contribution is -2.46. The molecule has 5 nitrogen and oxygen atoms in total. The number of hydrogen-bond acceptors (Lipinski definition) is 3. The molecule has 134 valence electrons. The first kappa shape index (κ1) is 20.0. The maximum absolute atomic E-state index is 12.8. The van der Waals surface area contributed by atoms with E-state index in [1.54, 1.807) is 18.4 Å². The molecule has 23 heavy (non-hydrogen) atoms. The van der Waals surface area contributed by atoms with E-state index in [0.717, 1.165) is 0 Å². The third-order valence-corrected chi connectivity index (χ3v) is 5.33. The molecule has 0 aliphatic carbocycles. The lowest BCUT2D eigenvalue weighted by molar-refractivity contribution is -0.140. The minimum atomic E-state index is -4.61. The molecule has 1 aromatic heterocycles. The van der Waals surface area contributed by atoms with Crippen LogP contribution < -0.4 is 0 Å². The average Bonchev–Trinajstić information content (AvgIpc) is 2.82. The molecule has 0 aromatic carbocycles. The lowest BCUT2D eigenvalue weighted by Gasteiger charge is -2.30. The summed E-state index contributed by atoms with van der Waals surface area (Å²) in [5, 5.41) is -0.352. The zero-order valence-corrected chi connectivity index (χ0v) is 14.8. The highest BCUT2D eigenvalue weighted by Crippen LogP contribution is 2.26. The van der Waals surface area contributed by atoms with Gasteiger partial charge in [0.15, 0.2) is 5.03 Å². The molecule has 0 saturated heterocycles. The Morgan fingerprint density at radius 2 is 1.78 bits per heavy atom. The highest BCUT2D eigenvalue weighted by molar-refractivity contribution is 7.89. The molecule has 0 aliphatic rings. The van der Waals surface area contributed by atoms with Gasteiger partial charge in [-0.3, -0.25) is 0 Å². The van der Waals surface area contributed by atoms with Gasteiger partial charge >= 0.3 is 6.18 Å². The van der Waals surface area contributed by atoms with Crippen molar-refractivity contribution in [2.45, 2.75) is 58.4 Å². The van der Waals surface area contributed by atoms with Crippen molar-refractivity contribution in [3.63, 3.8) is 0 Å². The van der Waals surface area contributed by atoms with E-state index in [1.165, 1.54) is 19.4 Å². The van der Waals surface area contributed by atoms with Gasteiger partial charge in [-0.1, -0.05) is 27.7 Å². The first-order chi connectivity index (χ1) is 10.3. The van der Waals surface area contributed by atoms with E-state index in [1.807, 2.05) is 13.8 Å². The Labute approximate surface area is 135 Å². The summed E-state index contributed by atoms with van der Waals surface area (Å²) in [4.78, 5) is 3.80. The largest absolute Gasteiger partial charge is 0.402 e. The lowest BCUT2D eigenvalue weighted by atomic mass is 10.1. The highest BCUT2D eigenvalue weighted by Gasteiger charge is 2.41. The normalized spacial score (nSPS) is 14.9. The second-order valence-corrected chi connectivity index (χ2v) is 8.29. The van der Waals surface area contributed by atoms with E-state index in [2.05, 4.69) is 4.98 Å². The van der Waals surface area contributed by atoms with E-state index in [-0.39, 0.29) is 16.9 Å². The maximum Gasteiger partial charge on any atom is 0.402 e. The Morgan fingerprint density at radius 1 is 1.22 bits per heavy atom.